The van der Waals surface area contributed by atoms with Crippen molar-refractivity contribution in [3.8, 4) is 0 Å². The van der Waals surface area contributed by atoms with Gasteiger partial charge in [0.2, 0.25) is 5.95 Å². The molecule has 0 saturated heterocycles. The third kappa shape index (κ3) is 2.19. The smallest absolute Gasteiger partial charge is 0.265 e. The maximum Gasteiger partial charge on any atom is 0.265 e. The summed E-state index contributed by atoms with van der Waals surface area (Å²) in [6.07, 6.45) is 4.13. The van der Waals surface area contributed by atoms with Gasteiger partial charge in [-0.05, 0) is 15.9 Å². The van der Waals surface area contributed by atoms with Crippen molar-refractivity contribution in [2.24, 2.45) is 0 Å². The van der Waals surface area contributed by atoms with Crippen LogP contribution in [0.2, 0.25) is 0 Å². The quantitative estimate of drug-likeness (QED) is 0.872. The van der Waals surface area contributed by atoms with E-state index < -0.39 is 11.3 Å². The maximum absolute atomic E-state index is 11.6. The second-order valence-electron chi connectivity index (χ2n) is 2.85. The van der Waals surface area contributed by atoms with Crippen LogP contribution in [0.5, 0.6) is 0 Å². The van der Waals surface area contributed by atoms with Crippen LogP contribution in [0, 0.1) is 0 Å². The number of hydrogen-bond acceptors (Lipinski definition) is 4. The van der Waals surface area contributed by atoms with Gasteiger partial charge in [-0.25, -0.2) is 4.98 Å². The molecule has 0 saturated carbocycles. The summed E-state index contributed by atoms with van der Waals surface area (Å²) in [5, 5.41) is 2.42. The molecule has 2 aromatic heterocycles. The highest BCUT2D eigenvalue weighted by Gasteiger charge is 2.12. The lowest BCUT2D eigenvalue weighted by Gasteiger charge is -2.00. The molecule has 16 heavy (non-hydrogen) atoms. The minimum Gasteiger partial charge on any atom is -0.457 e. The molecule has 0 unspecified atom stereocenters. The van der Waals surface area contributed by atoms with E-state index >= 15 is 0 Å². The second-order valence-corrected chi connectivity index (χ2v) is 3.64. The average Bonchev–Trinajstić information content (AvgIpc) is 2.70. The normalized spacial score (nSPS) is 10.1. The van der Waals surface area contributed by atoms with Crippen LogP contribution in [0.1, 0.15) is 10.4 Å². The predicted molar refractivity (Wildman–Crippen MR) is 59.2 cm³/mol. The first-order valence-electron chi connectivity index (χ1n) is 4.26. The molecule has 0 radical (unpaired) electrons. The van der Waals surface area contributed by atoms with Crippen LogP contribution in [0.15, 0.2) is 38.6 Å². The first kappa shape index (κ1) is 10.6. The van der Waals surface area contributed by atoms with E-state index in [0.717, 1.165) is 6.26 Å². The number of hydrogen-bond donors (Lipinski definition) is 2. The number of halogens is 1. The van der Waals surface area contributed by atoms with Gasteiger partial charge in [-0.3, -0.25) is 14.9 Å². The highest BCUT2D eigenvalue weighted by atomic mass is 79.9. The maximum atomic E-state index is 11.6. The van der Waals surface area contributed by atoms with E-state index in [0.29, 0.717) is 0 Å². The SMILES string of the molecule is O=C(Nc1ncc[nH]1)c1coc(Br)cc1=O. The van der Waals surface area contributed by atoms with Crippen molar-refractivity contribution in [2.75, 3.05) is 5.32 Å². The van der Waals surface area contributed by atoms with Crippen LogP contribution in [-0.4, -0.2) is 15.9 Å². The largest absolute Gasteiger partial charge is 0.457 e. The van der Waals surface area contributed by atoms with Crippen molar-refractivity contribution in [2.45, 2.75) is 0 Å². The second kappa shape index (κ2) is 4.31. The van der Waals surface area contributed by atoms with Gasteiger partial charge in [0.1, 0.15) is 11.8 Å². The topological polar surface area (TPSA) is 88.0 Å². The average molecular weight is 284 g/mol. The molecule has 2 rings (SSSR count). The molecule has 0 aliphatic rings. The van der Waals surface area contributed by atoms with Crippen LogP contribution in [0.25, 0.3) is 0 Å². The van der Waals surface area contributed by atoms with E-state index in [4.69, 9.17) is 4.42 Å². The summed E-state index contributed by atoms with van der Waals surface area (Å²) in [6, 6.07) is 1.18. The molecule has 0 fully saturated rings. The Morgan fingerprint density at radius 2 is 2.38 bits per heavy atom. The molecule has 0 spiro atoms. The summed E-state index contributed by atoms with van der Waals surface area (Å²) in [5.74, 6) is -0.302. The number of rotatable bonds is 2. The third-order valence-corrected chi connectivity index (χ3v) is 2.19. The van der Waals surface area contributed by atoms with E-state index in [1.54, 1.807) is 6.20 Å². The minimum atomic E-state index is -0.573. The van der Waals surface area contributed by atoms with Gasteiger partial charge in [0.25, 0.3) is 5.91 Å². The molecule has 6 nitrogen and oxygen atoms in total. The number of imidazole rings is 1. The molecule has 2 N–H and O–H groups in total. The number of nitrogens with zero attached hydrogens (tertiary/aromatic N) is 1. The van der Waals surface area contributed by atoms with Gasteiger partial charge in [0.05, 0.1) is 0 Å². The molecule has 0 aromatic carbocycles. The number of carbonyl (C=O) groups is 1. The number of aromatic nitrogens is 2. The standard InChI is InChI=1S/C9H6BrN3O3/c10-7-3-6(14)5(4-16-7)8(15)13-9-11-1-2-12-9/h1-4H,(H2,11,12,13,15). The highest BCUT2D eigenvalue weighted by Crippen LogP contribution is 2.07. The van der Waals surface area contributed by atoms with Crippen molar-refractivity contribution in [3.05, 3.63) is 45.2 Å². The number of amides is 1. The zero-order chi connectivity index (χ0) is 11.5. The van der Waals surface area contributed by atoms with Gasteiger partial charge in [0.15, 0.2) is 10.1 Å². The van der Waals surface area contributed by atoms with Crippen LogP contribution in [0.4, 0.5) is 5.95 Å². The van der Waals surface area contributed by atoms with Crippen molar-refractivity contribution in [3.63, 3.8) is 0 Å². The molecule has 7 heteroatoms. The minimum absolute atomic E-state index is 0.0837. The Labute approximate surface area is 97.8 Å². The lowest BCUT2D eigenvalue weighted by atomic mass is 10.3. The van der Waals surface area contributed by atoms with E-state index in [-0.39, 0.29) is 16.2 Å². The molecule has 82 valence electrons. The molecule has 0 atom stereocenters. The van der Waals surface area contributed by atoms with Gasteiger partial charge in [-0.1, -0.05) is 0 Å². The monoisotopic (exact) mass is 283 g/mol. The van der Waals surface area contributed by atoms with Crippen LogP contribution < -0.4 is 10.7 Å². The third-order valence-electron chi connectivity index (χ3n) is 1.77. The summed E-state index contributed by atoms with van der Waals surface area (Å²) in [7, 11) is 0. The molecular formula is C9H6BrN3O3. The van der Waals surface area contributed by atoms with Gasteiger partial charge in [-0.2, -0.15) is 0 Å². The lowest BCUT2D eigenvalue weighted by Crippen LogP contribution is -2.21. The van der Waals surface area contributed by atoms with Gasteiger partial charge in [-0.15, -0.1) is 0 Å². The zero-order valence-electron chi connectivity index (χ0n) is 7.86. The Kier molecular flexibility index (Phi) is 2.86. The Bertz CT molecular complexity index is 562. The molecule has 0 bridgehead atoms. The van der Waals surface area contributed by atoms with E-state index in [9.17, 15) is 9.59 Å². The molecule has 2 heterocycles. The number of H-pyrrole nitrogens is 1. The van der Waals surface area contributed by atoms with Crippen LogP contribution in [0.3, 0.4) is 0 Å². The Morgan fingerprint density at radius 3 is 3.00 bits per heavy atom. The first-order valence-corrected chi connectivity index (χ1v) is 5.05. The Morgan fingerprint density at radius 1 is 1.56 bits per heavy atom. The number of carbonyl (C=O) groups excluding carboxylic acids is 1. The number of nitrogens with one attached hydrogen (secondary N) is 2. The molecule has 0 aliphatic heterocycles. The number of anilines is 1. The molecule has 2 aromatic rings. The summed E-state index contributed by atoms with van der Waals surface area (Å²) >= 11 is 2.99. The van der Waals surface area contributed by atoms with Crippen molar-refractivity contribution in [1.29, 1.82) is 0 Å². The van der Waals surface area contributed by atoms with Crippen molar-refractivity contribution < 1.29 is 9.21 Å². The highest BCUT2D eigenvalue weighted by molar-refractivity contribution is 9.10. The summed E-state index contributed by atoms with van der Waals surface area (Å²) in [4.78, 5) is 29.5. The molecule has 1 amide bonds. The zero-order valence-corrected chi connectivity index (χ0v) is 9.45. The number of aromatic amines is 1. The van der Waals surface area contributed by atoms with Gasteiger partial charge in [0, 0.05) is 18.5 Å². The van der Waals surface area contributed by atoms with E-state index in [1.165, 1.54) is 12.3 Å². The fourth-order valence-corrected chi connectivity index (χ4v) is 1.36. The van der Waals surface area contributed by atoms with Crippen LogP contribution >= 0.6 is 15.9 Å². The fraction of sp³-hybridized carbons (Fsp3) is 0. The van der Waals surface area contributed by atoms with Crippen LogP contribution in [-0.2, 0) is 0 Å². The summed E-state index contributed by atoms with van der Waals surface area (Å²) < 4.78 is 5.18. The van der Waals surface area contributed by atoms with Crippen molar-refractivity contribution >= 4 is 27.8 Å². The van der Waals surface area contributed by atoms with E-state index in [2.05, 4.69) is 31.2 Å². The summed E-state index contributed by atoms with van der Waals surface area (Å²) in [5.41, 5.74) is -0.512. The Hall–Kier alpha value is -1.89. The first-order chi connectivity index (χ1) is 7.66. The fourth-order valence-electron chi connectivity index (χ4n) is 1.06. The van der Waals surface area contributed by atoms with Gasteiger partial charge < -0.3 is 9.40 Å². The predicted octanol–water partition coefficient (Wildman–Crippen LogP) is 1.38. The van der Waals surface area contributed by atoms with Gasteiger partial charge >= 0.3 is 0 Å². The molecular weight excluding hydrogens is 278 g/mol. The van der Waals surface area contributed by atoms with E-state index in [1.807, 2.05) is 0 Å². The van der Waals surface area contributed by atoms with Crippen molar-refractivity contribution in [1.82, 2.24) is 9.97 Å². The lowest BCUT2D eigenvalue weighted by molar-refractivity contribution is 0.102. The summed E-state index contributed by atoms with van der Waals surface area (Å²) in [6.45, 7) is 0. The Balaban J connectivity index is 2.25. The molecule has 0 aliphatic carbocycles.